The molecule has 0 aliphatic heterocycles. The smallest absolute Gasteiger partial charge is 0.221 e. The lowest BCUT2D eigenvalue weighted by atomic mass is 10.0. The highest BCUT2D eigenvalue weighted by Gasteiger charge is 2.09. The molecule has 0 bridgehead atoms. The van der Waals surface area contributed by atoms with E-state index in [1.54, 1.807) is 11.8 Å². The molecule has 2 rings (SSSR count). The van der Waals surface area contributed by atoms with Gasteiger partial charge in [0.05, 0.1) is 6.04 Å². The summed E-state index contributed by atoms with van der Waals surface area (Å²) in [5.74, 6) is 0.981. The molecule has 0 aromatic heterocycles. The Morgan fingerprint density at radius 3 is 2.29 bits per heavy atom. The summed E-state index contributed by atoms with van der Waals surface area (Å²) in [7, 11) is 0. The summed E-state index contributed by atoms with van der Waals surface area (Å²) in [6.45, 7) is 2.02. The third-order valence-corrected chi connectivity index (χ3v) is 4.04. The zero-order valence-corrected chi connectivity index (χ0v) is 13.3. The third kappa shape index (κ3) is 4.64. The molecule has 110 valence electrons. The average Bonchev–Trinajstić information content (AvgIpc) is 2.54. The van der Waals surface area contributed by atoms with Crippen molar-refractivity contribution in [3.05, 3.63) is 60.2 Å². The van der Waals surface area contributed by atoms with Crippen LogP contribution in [0.2, 0.25) is 0 Å². The van der Waals surface area contributed by atoms with Crippen molar-refractivity contribution in [3.8, 4) is 11.1 Å². The van der Waals surface area contributed by atoms with E-state index in [1.807, 2.05) is 31.4 Å². The number of thioether (sulfide) groups is 1. The monoisotopic (exact) mass is 299 g/mol. The minimum atomic E-state index is 0.0455. The summed E-state index contributed by atoms with van der Waals surface area (Å²) in [5.41, 5.74) is 3.54. The largest absolute Gasteiger partial charge is 0.350 e. The average molecular weight is 299 g/mol. The van der Waals surface area contributed by atoms with Crippen LogP contribution >= 0.6 is 11.8 Å². The van der Waals surface area contributed by atoms with Gasteiger partial charge < -0.3 is 5.32 Å². The van der Waals surface area contributed by atoms with Gasteiger partial charge in [0.15, 0.2) is 0 Å². The van der Waals surface area contributed by atoms with Crippen molar-refractivity contribution in [1.82, 2.24) is 5.32 Å². The van der Waals surface area contributed by atoms with Crippen molar-refractivity contribution in [3.63, 3.8) is 0 Å². The summed E-state index contributed by atoms with van der Waals surface area (Å²) in [6.07, 6.45) is 2.59. The molecule has 1 N–H and O–H groups in total. The second-order valence-corrected chi connectivity index (χ2v) is 6.01. The number of nitrogens with one attached hydrogen (secondary N) is 1. The van der Waals surface area contributed by atoms with Gasteiger partial charge in [-0.25, -0.2) is 0 Å². The molecule has 3 heteroatoms. The lowest BCUT2D eigenvalue weighted by Gasteiger charge is -2.15. The second-order valence-electron chi connectivity index (χ2n) is 5.02. The van der Waals surface area contributed by atoms with Gasteiger partial charge in [-0.15, -0.1) is 0 Å². The molecule has 2 nitrogen and oxygen atoms in total. The number of hydrogen-bond acceptors (Lipinski definition) is 2. The highest BCUT2D eigenvalue weighted by atomic mass is 32.2. The minimum absolute atomic E-state index is 0.0455. The summed E-state index contributed by atoms with van der Waals surface area (Å²) < 4.78 is 0. The van der Waals surface area contributed by atoms with E-state index in [4.69, 9.17) is 0 Å². The van der Waals surface area contributed by atoms with Crippen LogP contribution in [-0.2, 0) is 4.79 Å². The number of carbonyl (C=O) groups excluding carboxylic acids is 1. The Labute approximate surface area is 131 Å². The van der Waals surface area contributed by atoms with Gasteiger partial charge in [0.2, 0.25) is 5.91 Å². The Hall–Kier alpha value is -1.74. The van der Waals surface area contributed by atoms with Crippen LogP contribution in [0.15, 0.2) is 54.6 Å². The van der Waals surface area contributed by atoms with Gasteiger partial charge in [-0.3, -0.25) is 4.79 Å². The molecule has 0 saturated heterocycles. The van der Waals surface area contributed by atoms with E-state index in [2.05, 4.69) is 41.7 Å². The first-order valence-corrected chi connectivity index (χ1v) is 8.54. The molecule has 0 saturated carbocycles. The molecule has 0 aliphatic rings. The first-order chi connectivity index (χ1) is 10.2. The Bertz CT molecular complexity index is 566. The van der Waals surface area contributed by atoms with Crippen LogP contribution in [0, 0.1) is 0 Å². The minimum Gasteiger partial charge on any atom is -0.350 e. The second kappa shape index (κ2) is 7.89. The molecule has 0 spiro atoms. The molecule has 0 aliphatic carbocycles. The Morgan fingerprint density at radius 2 is 1.67 bits per heavy atom. The van der Waals surface area contributed by atoms with Crippen LogP contribution < -0.4 is 5.32 Å². The maximum atomic E-state index is 11.7. The molecule has 1 amide bonds. The zero-order chi connectivity index (χ0) is 15.1. The number of amides is 1. The molecule has 0 radical (unpaired) electrons. The third-order valence-electron chi connectivity index (χ3n) is 3.43. The Morgan fingerprint density at radius 1 is 1.05 bits per heavy atom. The molecule has 2 aromatic carbocycles. The summed E-state index contributed by atoms with van der Waals surface area (Å²) in [4.78, 5) is 11.7. The van der Waals surface area contributed by atoms with Gasteiger partial charge in [0.1, 0.15) is 0 Å². The van der Waals surface area contributed by atoms with Crippen molar-refractivity contribution >= 4 is 17.7 Å². The molecular formula is C18H21NOS. The summed E-state index contributed by atoms with van der Waals surface area (Å²) >= 11 is 1.69. The molecule has 1 unspecified atom stereocenters. The van der Waals surface area contributed by atoms with Crippen molar-refractivity contribution in [2.45, 2.75) is 19.4 Å². The number of rotatable bonds is 6. The number of benzene rings is 2. The quantitative estimate of drug-likeness (QED) is 0.862. The molecule has 1 atom stereocenters. The predicted octanol–water partition coefficient (Wildman–Crippen LogP) is 4.28. The van der Waals surface area contributed by atoms with E-state index >= 15 is 0 Å². The van der Waals surface area contributed by atoms with Gasteiger partial charge in [0, 0.05) is 12.2 Å². The van der Waals surface area contributed by atoms with E-state index < -0.39 is 0 Å². The molecule has 21 heavy (non-hydrogen) atoms. The van der Waals surface area contributed by atoms with E-state index in [0.717, 1.165) is 11.3 Å². The number of carbonyl (C=O) groups is 1. The van der Waals surface area contributed by atoms with Crippen LogP contribution in [0.3, 0.4) is 0 Å². The van der Waals surface area contributed by atoms with Crippen molar-refractivity contribution in [1.29, 1.82) is 0 Å². The van der Waals surface area contributed by atoms with Crippen LogP contribution in [-0.4, -0.2) is 17.9 Å². The lowest BCUT2D eigenvalue weighted by Crippen LogP contribution is -2.26. The number of hydrogen-bond donors (Lipinski definition) is 1. The summed E-state index contributed by atoms with van der Waals surface area (Å²) in [6, 6.07) is 18.7. The molecule has 2 aromatic rings. The highest BCUT2D eigenvalue weighted by molar-refractivity contribution is 7.98. The van der Waals surface area contributed by atoms with Crippen LogP contribution in [0.25, 0.3) is 11.1 Å². The van der Waals surface area contributed by atoms with Crippen LogP contribution in [0.5, 0.6) is 0 Å². The summed E-state index contributed by atoms with van der Waals surface area (Å²) in [5, 5.41) is 3.04. The van der Waals surface area contributed by atoms with E-state index in [-0.39, 0.29) is 11.9 Å². The maximum Gasteiger partial charge on any atom is 0.221 e. The topological polar surface area (TPSA) is 29.1 Å². The van der Waals surface area contributed by atoms with Crippen LogP contribution in [0.4, 0.5) is 0 Å². The van der Waals surface area contributed by atoms with Gasteiger partial charge in [-0.05, 0) is 29.9 Å². The molecular weight excluding hydrogens is 278 g/mol. The molecule has 0 heterocycles. The first-order valence-electron chi connectivity index (χ1n) is 7.14. The van der Waals surface area contributed by atoms with Crippen LogP contribution in [0.1, 0.15) is 24.9 Å². The predicted molar refractivity (Wildman–Crippen MR) is 91.4 cm³/mol. The fourth-order valence-electron chi connectivity index (χ4n) is 2.19. The standard InChI is InChI=1S/C18H21NOS/c1-14(19-18(20)12-13-21-2)15-8-10-17(11-9-15)16-6-4-3-5-7-16/h3-11,14H,12-13H2,1-2H3,(H,19,20). The normalized spacial score (nSPS) is 11.9. The Kier molecular flexibility index (Phi) is 5.88. The van der Waals surface area contributed by atoms with Gasteiger partial charge in [0.25, 0.3) is 0 Å². The SMILES string of the molecule is CSCCC(=O)NC(C)c1ccc(-c2ccccc2)cc1. The fourth-order valence-corrected chi connectivity index (χ4v) is 2.58. The van der Waals surface area contributed by atoms with E-state index in [1.165, 1.54) is 11.1 Å². The zero-order valence-electron chi connectivity index (χ0n) is 12.5. The lowest BCUT2D eigenvalue weighted by molar-refractivity contribution is -0.121. The van der Waals surface area contributed by atoms with Crippen molar-refractivity contribution in [2.75, 3.05) is 12.0 Å². The molecule has 0 fully saturated rings. The van der Waals surface area contributed by atoms with Gasteiger partial charge in [-0.2, -0.15) is 11.8 Å². The van der Waals surface area contributed by atoms with E-state index in [0.29, 0.717) is 6.42 Å². The Balaban J connectivity index is 2.00. The van der Waals surface area contributed by atoms with Crippen molar-refractivity contribution in [2.24, 2.45) is 0 Å². The van der Waals surface area contributed by atoms with E-state index in [9.17, 15) is 4.79 Å². The fraction of sp³-hybridized carbons (Fsp3) is 0.278. The first kappa shape index (κ1) is 15.6. The maximum absolute atomic E-state index is 11.7. The van der Waals surface area contributed by atoms with Crippen molar-refractivity contribution < 1.29 is 4.79 Å². The van der Waals surface area contributed by atoms with Gasteiger partial charge >= 0.3 is 0 Å². The van der Waals surface area contributed by atoms with Gasteiger partial charge in [-0.1, -0.05) is 54.6 Å². The highest BCUT2D eigenvalue weighted by Crippen LogP contribution is 2.21.